The molecule has 0 unspecified atom stereocenters. The maximum Gasteiger partial charge on any atom is 0.369 e. The Morgan fingerprint density at radius 1 is 1.36 bits per heavy atom. The van der Waals surface area contributed by atoms with Gasteiger partial charge in [-0.15, -0.1) is 14.9 Å². The fraction of sp³-hybridized carbons (Fsp3) is 0.231. The molecule has 0 atom stereocenters. The van der Waals surface area contributed by atoms with Gasteiger partial charge in [0.2, 0.25) is 0 Å². The van der Waals surface area contributed by atoms with Gasteiger partial charge in [-0.3, -0.25) is 0 Å². The van der Waals surface area contributed by atoms with Crippen molar-refractivity contribution in [3.05, 3.63) is 52.3 Å². The molecule has 22 heavy (non-hydrogen) atoms. The van der Waals surface area contributed by atoms with Gasteiger partial charge in [0.05, 0.1) is 1.37 Å². The fourth-order valence-corrected chi connectivity index (χ4v) is 1.82. The summed E-state index contributed by atoms with van der Waals surface area (Å²) in [6.07, 6.45) is 1.22. The molecule has 0 fully saturated rings. The van der Waals surface area contributed by atoms with E-state index < -0.39 is 5.69 Å². The van der Waals surface area contributed by atoms with Crippen LogP contribution in [0.5, 0.6) is 5.75 Å². The zero-order chi connectivity index (χ0) is 16.4. The molecule has 3 aromatic rings. The Bertz CT molecular complexity index is 905. The molecule has 0 spiro atoms. The highest BCUT2D eigenvalue weighted by Crippen LogP contribution is 2.18. The van der Waals surface area contributed by atoms with Crippen LogP contribution in [-0.2, 0) is 13.7 Å². The Morgan fingerprint density at radius 3 is 2.95 bits per heavy atom. The van der Waals surface area contributed by atoms with E-state index in [-0.39, 0.29) is 12.4 Å². The highest BCUT2D eigenvalue weighted by atomic mass is 16.5. The molecule has 1 aromatic carbocycles. The van der Waals surface area contributed by atoms with Gasteiger partial charge >= 0.3 is 5.69 Å². The van der Waals surface area contributed by atoms with Gasteiger partial charge < -0.3 is 4.74 Å². The first-order valence-electron chi connectivity index (χ1n) is 6.92. The van der Waals surface area contributed by atoms with E-state index in [1.807, 2.05) is 6.92 Å². The third kappa shape index (κ3) is 2.55. The van der Waals surface area contributed by atoms with Crippen LogP contribution >= 0.6 is 0 Å². The maximum atomic E-state index is 11.9. The Kier molecular flexibility index (Phi) is 3.28. The molecule has 0 aliphatic rings. The predicted molar refractivity (Wildman–Crippen MR) is 75.5 cm³/mol. The second-order valence-electron chi connectivity index (χ2n) is 4.51. The molecule has 0 radical (unpaired) electrons. The number of aryl methyl sites for hydroxylation is 2. The minimum Gasteiger partial charge on any atom is -0.487 e. The molecule has 0 bridgehead atoms. The summed E-state index contributed by atoms with van der Waals surface area (Å²) in [6, 6.07) is 5.43. The molecule has 0 saturated heterocycles. The Labute approximate surface area is 126 Å². The first kappa shape index (κ1) is 12.6. The molecule has 9 nitrogen and oxygen atoms in total. The third-order valence-electron chi connectivity index (χ3n) is 2.97. The van der Waals surface area contributed by atoms with Gasteiger partial charge in [0.25, 0.3) is 0 Å². The summed E-state index contributed by atoms with van der Waals surface area (Å²) in [5, 5.41) is 15.1. The molecule has 9 heteroatoms. The Balaban J connectivity index is 1.89. The largest absolute Gasteiger partial charge is 0.487 e. The van der Waals surface area contributed by atoms with E-state index in [4.69, 9.17) is 6.11 Å². The van der Waals surface area contributed by atoms with Crippen molar-refractivity contribution in [1.82, 2.24) is 35.0 Å². The van der Waals surface area contributed by atoms with E-state index in [9.17, 15) is 4.79 Å². The first-order chi connectivity index (χ1) is 11.1. The van der Waals surface area contributed by atoms with Crippen LogP contribution in [0.1, 0.15) is 12.6 Å². The predicted octanol–water partition coefficient (Wildman–Crippen LogP) is 0.0384. The zero-order valence-electron chi connectivity index (χ0n) is 13.0. The van der Waals surface area contributed by atoms with Gasteiger partial charge in [0.15, 0.2) is 5.82 Å². The molecule has 0 saturated carbocycles. The van der Waals surface area contributed by atoms with Gasteiger partial charge in [0.1, 0.15) is 24.4 Å². The standard InChI is InChI=1S/C13H13N7O2/c1-9-5-3-4-6-11(9)22-7-10-12(14-8-15-16-10)20-13(21)19(2)17-18-20/h3-6,8H,7H2,1-2H3/i3T. The molecule has 2 aromatic heterocycles. The van der Waals surface area contributed by atoms with Gasteiger partial charge in [-0.25, -0.2) is 9.78 Å². The van der Waals surface area contributed by atoms with E-state index >= 15 is 0 Å². The molecule has 3 rings (SSSR count). The number of hydrogen-bond acceptors (Lipinski definition) is 7. The van der Waals surface area contributed by atoms with Crippen LogP contribution in [0.2, 0.25) is 0 Å². The van der Waals surface area contributed by atoms with E-state index in [0.29, 0.717) is 17.5 Å². The summed E-state index contributed by atoms with van der Waals surface area (Å²) >= 11 is 0. The number of para-hydroxylation sites is 1. The van der Waals surface area contributed by atoms with E-state index in [1.54, 1.807) is 18.2 Å². The van der Waals surface area contributed by atoms with Crippen LogP contribution in [0, 0.1) is 6.92 Å². The average molecular weight is 301 g/mol. The number of nitrogens with zero attached hydrogens (tertiary/aromatic N) is 7. The molecule has 112 valence electrons. The fourth-order valence-electron chi connectivity index (χ4n) is 1.82. The van der Waals surface area contributed by atoms with Crippen LogP contribution in [0.4, 0.5) is 0 Å². The SMILES string of the molecule is [3H]c1ccc(OCc2nncnc2-n2nnn(C)c2=O)c(C)c1. The summed E-state index contributed by atoms with van der Waals surface area (Å²) in [6.45, 7) is 1.90. The van der Waals surface area contributed by atoms with E-state index in [2.05, 4.69) is 25.6 Å². The van der Waals surface area contributed by atoms with Crippen molar-refractivity contribution in [2.24, 2.45) is 7.05 Å². The van der Waals surface area contributed by atoms with Crippen molar-refractivity contribution in [3.8, 4) is 11.6 Å². The lowest BCUT2D eigenvalue weighted by atomic mass is 10.2. The van der Waals surface area contributed by atoms with Crippen LogP contribution in [0.3, 0.4) is 0 Å². The summed E-state index contributed by atoms with van der Waals surface area (Å²) in [5.74, 6) is 0.831. The summed E-state index contributed by atoms with van der Waals surface area (Å²) in [4.78, 5) is 16.0. The van der Waals surface area contributed by atoms with E-state index in [1.165, 1.54) is 13.4 Å². The van der Waals surface area contributed by atoms with Crippen molar-refractivity contribution in [2.45, 2.75) is 13.5 Å². The third-order valence-corrected chi connectivity index (χ3v) is 2.97. The maximum absolute atomic E-state index is 11.9. The summed E-state index contributed by atoms with van der Waals surface area (Å²) in [7, 11) is 1.49. The van der Waals surface area contributed by atoms with Gasteiger partial charge in [0, 0.05) is 7.05 Å². The number of benzene rings is 1. The van der Waals surface area contributed by atoms with Crippen LogP contribution in [0.25, 0.3) is 5.82 Å². The molecule has 0 aliphatic carbocycles. The van der Waals surface area contributed by atoms with Gasteiger partial charge in [-0.1, -0.05) is 18.2 Å². The zero-order valence-corrected chi connectivity index (χ0v) is 12.0. The number of rotatable bonds is 4. The lowest BCUT2D eigenvalue weighted by Gasteiger charge is -2.09. The minimum absolute atomic E-state index is 0.0530. The summed E-state index contributed by atoms with van der Waals surface area (Å²) in [5.41, 5.74) is 0.735. The topological polar surface area (TPSA) is 101 Å². The summed E-state index contributed by atoms with van der Waals surface area (Å²) < 4.78 is 15.4. The second kappa shape index (κ2) is 5.72. The van der Waals surface area contributed by atoms with Crippen molar-refractivity contribution >= 4 is 0 Å². The number of ether oxygens (including phenoxy) is 1. The highest BCUT2D eigenvalue weighted by Gasteiger charge is 2.14. The molecule has 0 N–H and O–H groups in total. The molecule has 0 aliphatic heterocycles. The second-order valence-corrected chi connectivity index (χ2v) is 4.51. The minimum atomic E-state index is -0.443. The van der Waals surface area contributed by atoms with Crippen LogP contribution in [0.15, 0.2) is 35.4 Å². The van der Waals surface area contributed by atoms with Crippen LogP contribution < -0.4 is 10.4 Å². The number of tetrazole rings is 1. The average Bonchev–Trinajstić information content (AvgIpc) is 2.86. The van der Waals surface area contributed by atoms with Gasteiger partial charge in [-0.05, 0) is 29.0 Å². The normalized spacial score (nSPS) is 11.3. The number of hydrogen-bond donors (Lipinski definition) is 0. The lowest BCUT2D eigenvalue weighted by Crippen LogP contribution is -2.24. The van der Waals surface area contributed by atoms with Crippen molar-refractivity contribution in [2.75, 3.05) is 0 Å². The molecule has 0 amide bonds. The van der Waals surface area contributed by atoms with Crippen molar-refractivity contribution in [1.29, 1.82) is 0 Å². The Morgan fingerprint density at radius 2 is 2.23 bits per heavy atom. The molecular weight excluding hydrogens is 286 g/mol. The lowest BCUT2D eigenvalue weighted by molar-refractivity contribution is 0.296. The monoisotopic (exact) mass is 301 g/mol. The molecular formula is C13H13N7O2. The number of aromatic nitrogens is 7. The van der Waals surface area contributed by atoms with Crippen LogP contribution in [-0.4, -0.2) is 35.0 Å². The quantitative estimate of drug-likeness (QED) is 0.670. The smallest absolute Gasteiger partial charge is 0.369 e. The highest BCUT2D eigenvalue weighted by molar-refractivity contribution is 5.32. The Hall–Kier alpha value is -3.10. The van der Waals surface area contributed by atoms with Crippen molar-refractivity contribution in [3.63, 3.8) is 0 Å². The van der Waals surface area contributed by atoms with Crippen molar-refractivity contribution < 1.29 is 6.11 Å². The molecule has 2 heterocycles. The van der Waals surface area contributed by atoms with E-state index in [0.717, 1.165) is 14.9 Å². The van der Waals surface area contributed by atoms with Gasteiger partial charge in [-0.2, -0.15) is 4.68 Å². The first-order valence-corrected chi connectivity index (χ1v) is 6.42.